The van der Waals surface area contributed by atoms with Gasteiger partial charge in [-0.1, -0.05) is 30.3 Å². The second-order valence-corrected chi connectivity index (χ2v) is 12.8. The van der Waals surface area contributed by atoms with E-state index in [0.717, 1.165) is 49.5 Å². The number of carbonyl (C=O) groups excluding carboxylic acids is 1. The van der Waals surface area contributed by atoms with Gasteiger partial charge in [0, 0.05) is 43.6 Å². The maximum atomic E-state index is 13.4. The lowest BCUT2D eigenvalue weighted by Crippen LogP contribution is -2.36. The highest BCUT2D eigenvalue weighted by molar-refractivity contribution is 7.92. The van der Waals surface area contributed by atoms with Crippen molar-refractivity contribution in [2.75, 3.05) is 49.3 Å². The Bertz CT molecular complexity index is 1530. The second kappa shape index (κ2) is 13.1. The molecule has 2 aliphatic rings. The van der Waals surface area contributed by atoms with Gasteiger partial charge in [-0.2, -0.15) is 0 Å². The molecule has 2 heterocycles. The van der Waals surface area contributed by atoms with Crippen LogP contribution in [0.2, 0.25) is 0 Å². The zero-order valence-corrected chi connectivity index (χ0v) is 25.3. The molecule has 42 heavy (non-hydrogen) atoms. The largest absolute Gasteiger partial charge is 0.494 e. The van der Waals surface area contributed by atoms with Crippen LogP contribution < -0.4 is 14.4 Å². The van der Waals surface area contributed by atoms with Gasteiger partial charge in [0.25, 0.3) is 5.91 Å². The summed E-state index contributed by atoms with van der Waals surface area (Å²) in [6.07, 6.45) is 5.39. The molecule has 1 amide bonds. The standard InChI is InChI=1S/C33H39N3O5S/c1-4-41-31-12-7-25(8-13-31)26-9-14-32-28(21-26)22-27(15-18-36(32)42(3,38)39)33(37)34-29-10-5-24(6-11-29)23-35(2)30-16-19-40-20-17-30/h5-14,21-22,30H,4,15-20,23H2,1-3H3,(H,34,37). The molecule has 1 saturated heterocycles. The summed E-state index contributed by atoms with van der Waals surface area (Å²) in [5.41, 5.74) is 5.53. The first-order chi connectivity index (χ1) is 20.2. The predicted octanol–water partition coefficient (Wildman–Crippen LogP) is 5.55. The van der Waals surface area contributed by atoms with Gasteiger partial charge in [-0.25, -0.2) is 8.42 Å². The monoisotopic (exact) mass is 589 g/mol. The highest BCUT2D eigenvalue weighted by Gasteiger charge is 2.25. The third-order valence-corrected chi connectivity index (χ3v) is 9.04. The minimum atomic E-state index is -3.54. The van der Waals surface area contributed by atoms with Gasteiger partial charge in [-0.05, 0) is 98.0 Å². The average Bonchev–Trinajstić information content (AvgIpc) is 3.19. The number of carbonyl (C=O) groups is 1. The van der Waals surface area contributed by atoms with E-state index in [9.17, 15) is 13.2 Å². The Hall–Kier alpha value is -3.66. The maximum Gasteiger partial charge on any atom is 0.251 e. The zero-order chi connectivity index (χ0) is 29.7. The molecule has 222 valence electrons. The number of benzene rings is 3. The lowest BCUT2D eigenvalue weighted by molar-refractivity contribution is -0.112. The van der Waals surface area contributed by atoms with Gasteiger partial charge in [0.2, 0.25) is 10.0 Å². The molecule has 0 aliphatic carbocycles. The summed E-state index contributed by atoms with van der Waals surface area (Å²) in [6, 6.07) is 21.9. The number of hydrogen-bond donors (Lipinski definition) is 1. The number of ether oxygens (including phenoxy) is 2. The van der Waals surface area contributed by atoms with Crippen molar-refractivity contribution in [1.29, 1.82) is 0 Å². The van der Waals surface area contributed by atoms with E-state index in [-0.39, 0.29) is 12.5 Å². The van der Waals surface area contributed by atoms with Gasteiger partial charge in [0.1, 0.15) is 5.75 Å². The molecule has 5 rings (SSSR count). The third-order valence-electron chi connectivity index (χ3n) is 7.86. The van der Waals surface area contributed by atoms with E-state index in [0.29, 0.717) is 41.6 Å². The van der Waals surface area contributed by atoms with Gasteiger partial charge in [0.05, 0.1) is 18.6 Å². The first kappa shape index (κ1) is 29.8. The maximum absolute atomic E-state index is 13.4. The number of anilines is 2. The molecule has 0 unspecified atom stereocenters. The van der Waals surface area contributed by atoms with E-state index >= 15 is 0 Å². The zero-order valence-electron chi connectivity index (χ0n) is 24.5. The molecule has 8 nitrogen and oxygen atoms in total. The Morgan fingerprint density at radius 1 is 1.02 bits per heavy atom. The summed E-state index contributed by atoms with van der Waals surface area (Å²) >= 11 is 0. The van der Waals surface area contributed by atoms with Crippen molar-refractivity contribution in [3.63, 3.8) is 0 Å². The predicted molar refractivity (Wildman–Crippen MR) is 168 cm³/mol. The Kier molecular flexibility index (Phi) is 9.30. The number of nitrogens with one attached hydrogen (secondary N) is 1. The van der Waals surface area contributed by atoms with Crippen LogP contribution in [0.3, 0.4) is 0 Å². The van der Waals surface area contributed by atoms with Crippen molar-refractivity contribution in [3.05, 3.63) is 83.4 Å². The second-order valence-electron chi connectivity index (χ2n) is 10.9. The van der Waals surface area contributed by atoms with E-state index < -0.39 is 10.0 Å². The summed E-state index contributed by atoms with van der Waals surface area (Å²) in [4.78, 5) is 15.8. The smallest absolute Gasteiger partial charge is 0.251 e. The number of fused-ring (bicyclic) bond motifs is 1. The molecule has 0 aromatic heterocycles. The van der Waals surface area contributed by atoms with E-state index in [1.54, 1.807) is 0 Å². The third kappa shape index (κ3) is 7.21. The molecule has 0 radical (unpaired) electrons. The number of nitrogens with zero attached hydrogens (tertiary/aromatic N) is 2. The number of sulfonamides is 1. The molecule has 0 bridgehead atoms. The van der Waals surface area contributed by atoms with E-state index in [4.69, 9.17) is 9.47 Å². The van der Waals surface area contributed by atoms with Gasteiger partial charge in [-0.3, -0.25) is 14.0 Å². The van der Waals surface area contributed by atoms with Crippen LogP contribution in [0.5, 0.6) is 5.75 Å². The van der Waals surface area contributed by atoms with Crippen LogP contribution in [0.1, 0.15) is 37.3 Å². The molecule has 9 heteroatoms. The Morgan fingerprint density at radius 2 is 1.71 bits per heavy atom. The van der Waals surface area contributed by atoms with Gasteiger partial charge in [0.15, 0.2) is 0 Å². The number of amides is 1. The van der Waals surface area contributed by atoms with Gasteiger partial charge in [-0.15, -0.1) is 0 Å². The summed E-state index contributed by atoms with van der Waals surface area (Å²) < 4.78 is 37.8. The molecule has 3 aromatic carbocycles. The fraction of sp³-hybridized carbons (Fsp3) is 0.364. The minimum absolute atomic E-state index is 0.185. The van der Waals surface area contributed by atoms with Crippen molar-refractivity contribution in [1.82, 2.24) is 4.90 Å². The highest BCUT2D eigenvalue weighted by atomic mass is 32.2. The molecule has 1 fully saturated rings. The van der Waals surface area contributed by atoms with Crippen LogP contribution >= 0.6 is 0 Å². The summed E-state index contributed by atoms with van der Waals surface area (Å²) in [6.45, 7) is 5.17. The Morgan fingerprint density at radius 3 is 2.38 bits per heavy atom. The van der Waals surface area contributed by atoms with Crippen molar-refractivity contribution in [2.24, 2.45) is 0 Å². The SMILES string of the molecule is CCOc1ccc(-c2ccc3c(c2)C=C(C(=O)Nc2ccc(CN(C)C4CCOCC4)cc2)CCN3S(C)(=O)=O)cc1. The molecule has 0 spiro atoms. The summed E-state index contributed by atoms with van der Waals surface area (Å²) in [5, 5.41) is 3.01. The topological polar surface area (TPSA) is 88.2 Å². The quantitative estimate of drug-likeness (QED) is 0.352. The van der Waals surface area contributed by atoms with E-state index in [1.807, 2.05) is 79.7 Å². The summed E-state index contributed by atoms with van der Waals surface area (Å²) in [7, 11) is -1.40. The highest BCUT2D eigenvalue weighted by Crippen LogP contribution is 2.34. The van der Waals surface area contributed by atoms with Crippen molar-refractivity contribution in [2.45, 2.75) is 38.8 Å². The Balaban J connectivity index is 1.34. The molecule has 2 aliphatic heterocycles. The van der Waals surface area contributed by atoms with Crippen LogP contribution in [-0.4, -0.2) is 64.9 Å². The fourth-order valence-electron chi connectivity index (χ4n) is 5.56. The van der Waals surface area contributed by atoms with Crippen molar-refractivity contribution < 1.29 is 22.7 Å². The van der Waals surface area contributed by atoms with E-state index in [1.165, 1.54) is 16.1 Å². The van der Waals surface area contributed by atoms with Crippen LogP contribution in [0, 0.1) is 0 Å². The average molecular weight is 590 g/mol. The van der Waals surface area contributed by atoms with Gasteiger partial charge >= 0.3 is 0 Å². The molecule has 0 saturated carbocycles. The van der Waals surface area contributed by atoms with Crippen LogP contribution in [0.25, 0.3) is 17.2 Å². The van der Waals surface area contributed by atoms with Crippen LogP contribution in [0.4, 0.5) is 11.4 Å². The number of rotatable bonds is 9. The molecule has 1 N–H and O–H groups in total. The lowest BCUT2D eigenvalue weighted by Gasteiger charge is -2.31. The van der Waals surface area contributed by atoms with Crippen LogP contribution in [-0.2, 0) is 26.1 Å². The van der Waals surface area contributed by atoms with Gasteiger partial charge < -0.3 is 14.8 Å². The number of hydrogen-bond acceptors (Lipinski definition) is 6. The lowest BCUT2D eigenvalue weighted by atomic mass is 10.0. The molecule has 3 aromatic rings. The molecule has 0 atom stereocenters. The Labute approximate surface area is 249 Å². The normalized spacial score (nSPS) is 16.0. The molecular weight excluding hydrogens is 550 g/mol. The first-order valence-corrected chi connectivity index (χ1v) is 16.3. The van der Waals surface area contributed by atoms with E-state index in [2.05, 4.69) is 17.3 Å². The first-order valence-electron chi connectivity index (χ1n) is 14.4. The van der Waals surface area contributed by atoms with Crippen molar-refractivity contribution in [3.8, 4) is 16.9 Å². The van der Waals surface area contributed by atoms with Crippen molar-refractivity contribution >= 4 is 33.4 Å². The molecular formula is C33H39N3O5S. The minimum Gasteiger partial charge on any atom is -0.494 e. The summed E-state index contributed by atoms with van der Waals surface area (Å²) in [5.74, 6) is 0.548. The van der Waals surface area contributed by atoms with Crippen LogP contribution in [0.15, 0.2) is 72.3 Å². The fourth-order valence-corrected chi connectivity index (χ4v) is 6.51.